The lowest BCUT2D eigenvalue weighted by molar-refractivity contribution is -0.122. The number of benzene rings is 2. The molecule has 0 bridgehead atoms. The van der Waals surface area contributed by atoms with Crippen LogP contribution in [-0.2, 0) is 14.3 Å². The zero-order chi connectivity index (χ0) is 24.6. The second-order valence-electron chi connectivity index (χ2n) is 8.48. The number of ether oxygens (including phenoxy) is 2. The maximum absolute atomic E-state index is 13.0. The molecule has 4 rings (SSSR count). The van der Waals surface area contributed by atoms with Gasteiger partial charge in [0.25, 0.3) is 5.91 Å². The van der Waals surface area contributed by atoms with E-state index >= 15 is 0 Å². The first-order chi connectivity index (χ1) is 17.0. The van der Waals surface area contributed by atoms with Crippen LogP contribution in [-0.4, -0.2) is 55.8 Å². The average molecular weight is 475 g/mol. The molecule has 8 nitrogen and oxygen atoms in total. The summed E-state index contributed by atoms with van der Waals surface area (Å²) in [5, 5.41) is 3.32. The van der Waals surface area contributed by atoms with Crippen LogP contribution in [0.15, 0.2) is 72.9 Å². The quantitative estimate of drug-likeness (QED) is 0.489. The van der Waals surface area contributed by atoms with Crippen LogP contribution in [0.3, 0.4) is 0 Å². The smallest absolute Gasteiger partial charge is 0.340 e. The van der Waals surface area contributed by atoms with Crippen molar-refractivity contribution in [3.63, 3.8) is 0 Å². The third-order valence-electron chi connectivity index (χ3n) is 5.64. The minimum atomic E-state index is -0.578. The second kappa shape index (κ2) is 11.5. The van der Waals surface area contributed by atoms with Gasteiger partial charge in [-0.15, -0.1) is 0 Å². The normalized spacial score (nSPS) is 13.4. The van der Waals surface area contributed by atoms with E-state index in [9.17, 15) is 9.59 Å². The highest BCUT2D eigenvalue weighted by atomic mass is 16.5. The fourth-order valence-corrected chi connectivity index (χ4v) is 3.89. The molecule has 2 heterocycles. The van der Waals surface area contributed by atoms with Crippen LogP contribution in [0, 0.1) is 0 Å². The minimum absolute atomic E-state index is 0.108. The number of amides is 1. The Morgan fingerprint density at radius 2 is 1.69 bits per heavy atom. The first-order valence-corrected chi connectivity index (χ1v) is 11.7. The summed E-state index contributed by atoms with van der Waals surface area (Å²) < 4.78 is 10.7. The van der Waals surface area contributed by atoms with E-state index in [0.717, 1.165) is 36.0 Å². The maximum Gasteiger partial charge on any atom is 0.340 e. The van der Waals surface area contributed by atoms with Gasteiger partial charge in [-0.05, 0) is 62.4 Å². The number of morpholine rings is 1. The van der Waals surface area contributed by atoms with Crippen LogP contribution < -0.4 is 15.1 Å². The number of esters is 1. The van der Waals surface area contributed by atoms with Crippen molar-refractivity contribution in [1.82, 2.24) is 4.98 Å². The van der Waals surface area contributed by atoms with Gasteiger partial charge < -0.3 is 24.6 Å². The highest BCUT2D eigenvalue weighted by molar-refractivity contribution is 5.97. The fraction of sp³-hybridized carbons (Fsp3) is 0.296. The Morgan fingerprint density at radius 1 is 1.00 bits per heavy atom. The third-order valence-corrected chi connectivity index (χ3v) is 5.64. The fourth-order valence-electron chi connectivity index (χ4n) is 3.89. The number of nitrogens with one attached hydrogen (secondary N) is 1. The summed E-state index contributed by atoms with van der Waals surface area (Å²) >= 11 is 0. The highest BCUT2D eigenvalue weighted by Crippen LogP contribution is 2.23. The van der Waals surface area contributed by atoms with Crippen LogP contribution in [0.4, 0.5) is 22.9 Å². The zero-order valence-corrected chi connectivity index (χ0v) is 20.0. The van der Waals surface area contributed by atoms with E-state index in [1.165, 1.54) is 6.20 Å². The van der Waals surface area contributed by atoms with Gasteiger partial charge in [0.2, 0.25) is 0 Å². The summed E-state index contributed by atoms with van der Waals surface area (Å²) in [6.07, 6.45) is 1.48. The Bertz CT molecular complexity index is 1110. The van der Waals surface area contributed by atoms with E-state index in [-0.39, 0.29) is 18.6 Å². The zero-order valence-electron chi connectivity index (χ0n) is 20.0. The number of rotatable bonds is 8. The van der Waals surface area contributed by atoms with Crippen LogP contribution in [0.5, 0.6) is 0 Å². The Balaban J connectivity index is 1.35. The highest BCUT2D eigenvalue weighted by Gasteiger charge is 2.21. The predicted molar refractivity (Wildman–Crippen MR) is 136 cm³/mol. The van der Waals surface area contributed by atoms with Gasteiger partial charge in [0.15, 0.2) is 6.61 Å². The monoisotopic (exact) mass is 474 g/mol. The average Bonchev–Trinajstić information content (AvgIpc) is 2.89. The van der Waals surface area contributed by atoms with E-state index in [4.69, 9.17) is 9.47 Å². The summed E-state index contributed by atoms with van der Waals surface area (Å²) in [6.45, 7) is 6.33. The standard InChI is InChI=1S/C27H30N4O4/c1-20(2)31(24-11-9-23(10-12-24)29-22-6-4-3-5-7-22)26(32)19-35-27(33)21-8-13-25(28-18-21)30-14-16-34-17-15-30/h3-13,18,20,29H,14-17,19H2,1-2H3. The molecule has 1 aliphatic heterocycles. The maximum atomic E-state index is 13.0. The minimum Gasteiger partial charge on any atom is -0.452 e. The summed E-state index contributed by atoms with van der Waals surface area (Å²) in [5.74, 6) is -0.0855. The first kappa shape index (κ1) is 24.2. The number of carbonyl (C=O) groups excluding carboxylic acids is 2. The summed E-state index contributed by atoms with van der Waals surface area (Å²) in [4.78, 5) is 33.6. The number of hydrogen-bond donors (Lipinski definition) is 1. The topological polar surface area (TPSA) is 84.0 Å². The van der Waals surface area contributed by atoms with Crippen LogP contribution >= 0.6 is 0 Å². The van der Waals surface area contributed by atoms with Gasteiger partial charge in [0.05, 0.1) is 18.8 Å². The largest absolute Gasteiger partial charge is 0.452 e. The molecule has 2 aromatic carbocycles. The molecule has 0 aliphatic carbocycles. The Labute approximate surface area is 205 Å². The van der Waals surface area contributed by atoms with Crippen molar-refractivity contribution in [1.29, 1.82) is 0 Å². The molecule has 1 aromatic heterocycles. The van der Waals surface area contributed by atoms with E-state index in [0.29, 0.717) is 18.8 Å². The number of carbonyl (C=O) groups is 2. The molecule has 1 aliphatic rings. The number of para-hydroxylation sites is 1. The summed E-state index contributed by atoms with van der Waals surface area (Å²) in [6, 6.07) is 20.8. The van der Waals surface area contributed by atoms with E-state index in [1.54, 1.807) is 17.0 Å². The van der Waals surface area contributed by atoms with Gasteiger partial charge in [-0.25, -0.2) is 9.78 Å². The molecule has 1 saturated heterocycles. The Morgan fingerprint density at radius 3 is 2.31 bits per heavy atom. The number of hydrogen-bond acceptors (Lipinski definition) is 7. The molecule has 1 N–H and O–H groups in total. The van der Waals surface area contributed by atoms with Gasteiger partial charge in [0, 0.05) is 42.4 Å². The van der Waals surface area contributed by atoms with Crippen molar-refractivity contribution >= 4 is 34.8 Å². The lowest BCUT2D eigenvalue weighted by atomic mass is 10.2. The molecule has 182 valence electrons. The first-order valence-electron chi connectivity index (χ1n) is 11.7. The van der Waals surface area contributed by atoms with Crippen molar-refractivity contribution in [2.75, 3.05) is 48.0 Å². The Hall–Kier alpha value is -3.91. The molecule has 0 spiro atoms. The van der Waals surface area contributed by atoms with Crippen molar-refractivity contribution in [2.45, 2.75) is 19.9 Å². The number of nitrogens with zero attached hydrogens (tertiary/aromatic N) is 3. The molecule has 0 saturated carbocycles. The molecule has 35 heavy (non-hydrogen) atoms. The van der Waals surface area contributed by atoms with Crippen LogP contribution in [0.1, 0.15) is 24.2 Å². The molecule has 1 amide bonds. The van der Waals surface area contributed by atoms with Gasteiger partial charge >= 0.3 is 5.97 Å². The van der Waals surface area contributed by atoms with Crippen LogP contribution in [0.2, 0.25) is 0 Å². The lowest BCUT2D eigenvalue weighted by Crippen LogP contribution is -2.40. The van der Waals surface area contributed by atoms with Crippen LogP contribution in [0.25, 0.3) is 0 Å². The van der Waals surface area contributed by atoms with Gasteiger partial charge in [-0.2, -0.15) is 0 Å². The third kappa shape index (κ3) is 6.36. The van der Waals surface area contributed by atoms with Crippen molar-refractivity contribution in [3.05, 3.63) is 78.5 Å². The molecular formula is C27H30N4O4. The number of aromatic nitrogens is 1. The summed E-state index contributed by atoms with van der Waals surface area (Å²) in [5.41, 5.74) is 2.94. The van der Waals surface area contributed by atoms with E-state index in [1.807, 2.05) is 68.4 Å². The molecule has 0 radical (unpaired) electrons. The van der Waals surface area contributed by atoms with Crippen molar-refractivity contribution < 1.29 is 19.1 Å². The number of pyridine rings is 1. The number of anilines is 4. The van der Waals surface area contributed by atoms with E-state index in [2.05, 4.69) is 15.2 Å². The summed E-state index contributed by atoms with van der Waals surface area (Å²) in [7, 11) is 0. The second-order valence-corrected chi connectivity index (χ2v) is 8.48. The molecule has 0 unspecified atom stereocenters. The van der Waals surface area contributed by atoms with Crippen molar-refractivity contribution in [3.8, 4) is 0 Å². The Kier molecular flexibility index (Phi) is 7.95. The molecule has 0 atom stereocenters. The van der Waals surface area contributed by atoms with Crippen molar-refractivity contribution in [2.24, 2.45) is 0 Å². The van der Waals surface area contributed by atoms with Gasteiger partial charge in [0.1, 0.15) is 5.82 Å². The molecule has 1 fully saturated rings. The SMILES string of the molecule is CC(C)N(C(=O)COC(=O)c1ccc(N2CCOCC2)nc1)c1ccc(Nc2ccccc2)cc1. The molecule has 8 heteroatoms. The van der Waals surface area contributed by atoms with Gasteiger partial charge in [-0.3, -0.25) is 4.79 Å². The van der Waals surface area contributed by atoms with Gasteiger partial charge in [-0.1, -0.05) is 18.2 Å². The molecule has 3 aromatic rings. The lowest BCUT2D eigenvalue weighted by Gasteiger charge is -2.27. The van der Waals surface area contributed by atoms with E-state index < -0.39 is 5.97 Å². The predicted octanol–water partition coefficient (Wildman–Crippen LogP) is 4.26. The molecular weight excluding hydrogens is 444 g/mol.